The Hall–Kier alpha value is -2.16. The highest BCUT2D eigenvalue weighted by Crippen LogP contribution is 2.53. The fraction of sp³-hybridized carbons (Fsp3) is 0.486. The van der Waals surface area contributed by atoms with E-state index < -0.39 is 16.0 Å². The van der Waals surface area contributed by atoms with Gasteiger partial charge in [-0.2, -0.15) is 0 Å². The van der Waals surface area contributed by atoms with Crippen LogP contribution in [0.5, 0.6) is 0 Å². The van der Waals surface area contributed by atoms with Gasteiger partial charge < -0.3 is 19.9 Å². The molecule has 0 spiro atoms. The predicted molar refractivity (Wildman–Crippen MR) is 184 cm³/mol. The van der Waals surface area contributed by atoms with Gasteiger partial charge in [0.05, 0.1) is 18.8 Å². The number of rotatable bonds is 8. The fourth-order valence-corrected chi connectivity index (χ4v) is 8.26. The van der Waals surface area contributed by atoms with Crippen LogP contribution >= 0.6 is 34.8 Å². The van der Waals surface area contributed by atoms with Gasteiger partial charge in [0.25, 0.3) is 9.70 Å². The van der Waals surface area contributed by atoms with Gasteiger partial charge in [-0.1, -0.05) is 122 Å². The Morgan fingerprint density at radius 2 is 1.65 bits per heavy atom. The second-order valence-corrected chi connectivity index (χ2v) is 16.8. The second kappa shape index (κ2) is 13.4. The number of hydrogen-bond acceptors (Lipinski definition) is 5. The van der Waals surface area contributed by atoms with Gasteiger partial charge in [0.2, 0.25) is 0 Å². The summed E-state index contributed by atoms with van der Waals surface area (Å²) >= 11 is 17.1. The summed E-state index contributed by atoms with van der Waals surface area (Å²) in [6, 6.07) is 24.8. The summed E-state index contributed by atoms with van der Waals surface area (Å²) < 4.78 is 11.4. The first-order valence-electron chi connectivity index (χ1n) is 16.1. The number of likely N-dealkylation sites (tertiary alicyclic amines) is 1. The molecule has 246 valence electrons. The van der Waals surface area contributed by atoms with Gasteiger partial charge in [-0.25, -0.2) is 0 Å². The summed E-state index contributed by atoms with van der Waals surface area (Å²) in [6.07, 6.45) is 3.92. The maximum atomic E-state index is 12.0. The molecule has 6 rings (SSSR count). The minimum atomic E-state index is -2.00. The minimum absolute atomic E-state index is 0.0183. The van der Waals surface area contributed by atoms with Crippen molar-refractivity contribution < 1.29 is 19.4 Å². The highest BCUT2D eigenvalue weighted by molar-refractivity contribution is 6.76. The molecule has 2 bridgehead atoms. The van der Waals surface area contributed by atoms with Gasteiger partial charge in [0.15, 0.2) is 6.29 Å². The highest BCUT2D eigenvalue weighted by atomic mass is 35.6. The molecule has 9 heteroatoms. The number of carbonyl (C=O) groups is 1. The van der Waals surface area contributed by atoms with Gasteiger partial charge in [-0.3, -0.25) is 9.69 Å². The summed E-state index contributed by atoms with van der Waals surface area (Å²) in [5.74, 6) is -0.661. The Balaban J connectivity index is 1.19. The van der Waals surface area contributed by atoms with Crippen LogP contribution in [0, 0.1) is 10.8 Å². The number of carbonyl (C=O) groups excluding carboxylic acids is 1. The Labute approximate surface area is 287 Å². The standard InChI is InChI=1S/C37H43Cl3N2O4/c1-35(2)17-30-18-36(3,22-35)23-42(30)20-31-16-32(27-9-7-24(21-43)8-10-27)46-33(45-31)28-13-11-26(12-14-28)29-6-4-5-25(15-29)19-41-34(44)37(38,39)40/h4-15,30-33,43H,16-23H2,1-3H3,(H,41,44)/t30?,31-,32+,33+,36?/m1/s1. The van der Waals surface area contributed by atoms with Gasteiger partial charge in [0.1, 0.15) is 0 Å². The Kier molecular flexibility index (Phi) is 9.82. The van der Waals surface area contributed by atoms with Gasteiger partial charge in [-0.15, -0.1) is 0 Å². The average Bonchev–Trinajstić information content (AvgIpc) is 3.26. The lowest BCUT2D eigenvalue weighted by atomic mass is 9.65. The van der Waals surface area contributed by atoms with Crippen molar-refractivity contribution in [1.29, 1.82) is 0 Å². The SMILES string of the molecule is CC1(C)CC2CC(C)(CN2C[C@H]2C[C@@H](c3ccc(CO)cc3)O[C@@H](c3ccc(-c4cccc(CNC(=O)C(Cl)(Cl)Cl)c4)cc3)O2)C1. The Bertz CT molecular complexity index is 1520. The van der Waals surface area contributed by atoms with Gasteiger partial charge >= 0.3 is 0 Å². The first-order valence-corrected chi connectivity index (χ1v) is 17.2. The van der Waals surface area contributed by atoms with E-state index in [1.807, 2.05) is 36.4 Å². The van der Waals surface area contributed by atoms with Crippen LogP contribution in [0.1, 0.15) is 81.1 Å². The molecular weight excluding hydrogens is 643 g/mol. The van der Waals surface area contributed by atoms with Crippen LogP contribution < -0.4 is 5.32 Å². The molecule has 3 fully saturated rings. The van der Waals surface area contributed by atoms with E-state index in [4.69, 9.17) is 44.3 Å². The van der Waals surface area contributed by atoms with Crippen LogP contribution in [-0.4, -0.2) is 44.9 Å². The monoisotopic (exact) mass is 684 g/mol. The van der Waals surface area contributed by atoms with Crippen LogP contribution in [-0.2, 0) is 27.4 Å². The van der Waals surface area contributed by atoms with E-state index in [-0.39, 0.29) is 25.4 Å². The lowest BCUT2D eigenvalue weighted by Crippen LogP contribution is -2.42. The van der Waals surface area contributed by atoms with Crippen molar-refractivity contribution in [2.24, 2.45) is 10.8 Å². The molecule has 1 aliphatic carbocycles. The quantitative estimate of drug-likeness (QED) is 0.234. The van der Waals surface area contributed by atoms with E-state index in [9.17, 15) is 9.90 Å². The molecule has 2 aliphatic heterocycles. The van der Waals surface area contributed by atoms with E-state index in [0.29, 0.717) is 16.9 Å². The van der Waals surface area contributed by atoms with Crippen molar-refractivity contribution in [3.8, 4) is 11.1 Å². The third kappa shape index (κ3) is 7.92. The van der Waals surface area contributed by atoms with Crippen molar-refractivity contribution in [3.05, 3.63) is 95.1 Å². The number of hydrogen-bond donors (Lipinski definition) is 2. The minimum Gasteiger partial charge on any atom is -0.392 e. The van der Waals surface area contributed by atoms with Crippen LogP contribution in [0.2, 0.25) is 0 Å². The first kappa shape index (κ1) is 33.7. The number of amides is 1. The molecule has 0 radical (unpaired) electrons. The number of aliphatic hydroxyl groups excluding tert-OH is 1. The molecule has 3 aromatic carbocycles. The summed E-state index contributed by atoms with van der Waals surface area (Å²) in [6.45, 7) is 9.56. The van der Waals surface area contributed by atoms with Gasteiger partial charge in [0, 0.05) is 37.7 Å². The molecule has 2 saturated heterocycles. The number of halogens is 3. The van der Waals surface area contributed by atoms with Crippen LogP contribution in [0.25, 0.3) is 11.1 Å². The van der Waals surface area contributed by atoms with E-state index in [0.717, 1.165) is 52.9 Å². The normalized spacial score (nSPS) is 27.8. The number of benzene rings is 3. The summed E-state index contributed by atoms with van der Waals surface area (Å²) in [5.41, 5.74) is 6.60. The maximum absolute atomic E-state index is 12.0. The molecule has 2 N–H and O–H groups in total. The van der Waals surface area contributed by atoms with E-state index in [1.165, 1.54) is 19.3 Å². The first-order chi connectivity index (χ1) is 21.8. The van der Waals surface area contributed by atoms with Crippen molar-refractivity contribution in [2.75, 3.05) is 13.1 Å². The highest BCUT2D eigenvalue weighted by Gasteiger charge is 2.50. The average molecular weight is 686 g/mol. The lowest BCUT2D eigenvalue weighted by Gasteiger charge is -2.41. The molecule has 1 amide bonds. The maximum Gasteiger partial charge on any atom is 0.272 e. The fourth-order valence-electron chi connectivity index (χ4n) is 8.06. The number of nitrogens with zero attached hydrogens (tertiary/aromatic N) is 1. The van der Waals surface area contributed by atoms with Crippen molar-refractivity contribution >= 4 is 40.7 Å². The third-order valence-electron chi connectivity index (χ3n) is 9.73. The zero-order chi connectivity index (χ0) is 32.7. The number of nitrogens with one attached hydrogen (secondary N) is 1. The zero-order valence-corrected chi connectivity index (χ0v) is 28.9. The molecule has 3 aromatic rings. The van der Waals surface area contributed by atoms with Crippen LogP contribution in [0.15, 0.2) is 72.8 Å². The molecule has 5 atom stereocenters. The van der Waals surface area contributed by atoms with E-state index in [2.05, 4.69) is 67.4 Å². The molecule has 46 heavy (non-hydrogen) atoms. The number of alkyl halides is 3. The largest absolute Gasteiger partial charge is 0.392 e. The smallest absolute Gasteiger partial charge is 0.272 e. The zero-order valence-electron chi connectivity index (χ0n) is 26.6. The molecule has 1 saturated carbocycles. The van der Waals surface area contributed by atoms with Crippen molar-refractivity contribution in [2.45, 2.75) is 87.9 Å². The molecule has 3 aliphatic rings. The van der Waals surface area contributed by atoms with Crippen molar-refractivity contribution in [3.63, 3.8) is 0 Å². The molecule has 2 unspecified atom stereocenters. The van der Waals surface area contributed by atoms with Crippen molar-refractivity contribution in [1.82, 2.24) is 10.2 Å². The van der Waals surface area contributed by atoms with Gasteiger partial charge in [-0.05, 0) is 64.0 Å². The molecule has 2 heterocycles. The Morgan fingerprint density at radius 1 is 0.935 bits per heavy atom. The molecular formula is C37H43Cl3N2O4. The molecule has 6 nitrogen and oxygen atoms in total. The predicted octanol–water partition coefficient (Wildman–Crippen LogP) is 8.28. The summed E-state index contributed by atoms with van der Waals surface area (Å²) in [4.78, 5) is 14.7. The third-order valence-corrected chi connectivity index (χ3v) is 10.2. The Morgan fingerprint density at radius 3 is 2.35 bits per heavy atom. The van der Waals surface area contributed by atoms with E-state index >= 15 is 0 Å². The van der Waals surface area contributed by atoms with Crippen LogP contribution in [0.3, 0.4) is 0 Å². The summed E-state index contributed by atoms with van der Waals surface area (Å²) in [5, 5.41) is 12.2. The van der Waals surface area contributed by atoms with E-state index in [1.54, 1.807) is 0 Å². The lowest BCUT2D eigenvalue weighted by molar-refractivity contribution is -0.253. The summed E-state index contributed by atoms with van der Waals surface area (Å²) in [7, 11) is 0. The topological polar surface area (TPSA) is 71.0 Å². The number of ether oxygens (including phenoxy) is 2. The molecule has 0 aromatic heterocycles. The number of aliphatic hydroxyl groups is 1. The van der Waals surface area contributed by atoms with Crippen LogP contribution in [0.4, 0.5) is 0 Å². The number of fused-ring (bicyclic) bond motifs is 2. The second-order valence-electron chi connectivity index (χ2n) is 14.5.